The molecule has 5 rings (SSSR count). The Balaban J connectivity index is 1.40. The average Bonchev–Trinajstić information content (AvgIpc) is 3.59. The largest absolute Gasteiger partial charge is 0.493 e. The number of carbonyl (C=O) groups is 1. The lowest BCUT2D eigenvalue weighted by Gasteiger charge is -2.32. The van der Waals surface area contributed by atoms with Gasteiger partial charge in [-0.15, -0.1) is 0 Å². The molecule has 2 fully saturated rings. The molecule has 0 N–H and O–H groups in total. The molecule has 1 aliphatic carbocycles. The normalized spacial score (nSPS) is 17.3. The van der Waals surface area contributed by atoms with E-state index < -0.39 is 0 Å². The van der Waals surface area contributed by atoms with Crippen molar-refractivity contribution in [3.05, 3.63) is 58.3 Å². The molecule has 1 amide bonds. The third-order valence-corrected chi connectivity index (χ3v) is 6.45. The first kappa shape index (κ1) is 19.8. The maximum Gasteiger partial charge on any atom is 0.345 e. The zero-order chi connectivity index (χ0) is 21.5. The van der Waals surface area contributed by atoms with Crippen LogP contribution in [0.1, 0.15) is 60.7 Å². The Kier molecular flexibility index (Phi) is 5.04. The number of hydrogen-bond donors (Lipinski definition) is 0. The average molecular weight is 421 g/mol. The van der Waals surface area contributed by atoms with Crippen LogP contribution in [0.15, 0.2) is 41.2 Å². The molecule has 2 aromatic carbocycles. The summed E-state index contributed by atoms with van der Waals surface area (Å²) in [5.74, 6) is 1.75. The van der Waals surface area contributed by atoms with Crippen LogP contribution in [0.2, 0.25) is 0 Å². The Morgan fingerprint density at radius 2 is 1.84 bits per heavy atom. The quantitative estimate of drug-likeness (QED) is 0.634. The van der Waals surface area contributed by atoms with Gasteiger partial charge in [-0.25, -0.2) is 9.48 Å². The van der Waals surface area contributed by atoms with Gasteiger partial charge in [-0.2, -0.15) is 5.10 Å². The van der Waals surface area contributed by atoms with E-state index in [1.807, 2.05) is 52.8 Å². The lowest BCUT2D eigenvalue weighted by molar-refractivity contribution is 0.0708. The highest BCUT2D eigenvalue weighted by molar-refractivity contribution is 6.09. The molecule has 3 aromatic rings. The summed E-state index contributed by atoms with van der Waals surface area (Å²) in [5, 5.41) is 6.50. The van der Waals surface area contributed by atoms with Gasteiger partial charge in [-0.3, -0.25) is 9.36 Å². The molecule has 0 bridgehead atoms. The number of likely N-dealkylation sites (tertiary alicyclic amines) is 1. The van der Waals surface area contributed by atoms with Crippen molar-refractivity contribution in [1.82, 2.24) is 19.2 Å². The Morgan fingerprint density at radius 3 is 2.55 bits per heavy atom. The lowest BCUT2D eigenvalue weighted by atomic mass is 9.94. The highest BCUT2D eigenvalue weighted by Crippen LogP contribution is 2.38. The number of amides is 1. The number of carbonyl (C=O) groups excluding carboxylic acids is 1. The summed E-state index contributed by atoms with van der Waals surface area (Å²) in [6, 6.07) is 12.1. The fourth-order valence-corrected chi connectivity index (χ4v) is 4.70. The zero-order valence-electron chi connectivity index (χ0n) is 18.1. The van der Waals surface area contributed by atoms with Crippen molar-refractivity contribution in [3.8, 4) is 5.75 Å². The second-order valence-electron chi connectivity index (χ2n) is 8.52. The maximum atomic E-state index is 13.6. The molecule has 0 unspecified atom stereocenters. The monoisotopic (exact) mass is 420 g/mol. The van der Waals surface area contributed by atoms with Crippen molar-refractivity contribution in [2.75, 3.05) is 19.7 Å². The predicted molar refractivity (Wildman–Crippen MR) is 119 cm³/mol. The van der Waals surface area contributed by atoms with E-state index >= 15 is 0 Å². The number of aryl methyl sites for hydroxylation is 1. The van der Waals surface area contributed by atoms with E-state index in [0.29, 0.717) is 37.1 Å². The Bertz CT molecular complexity index is 1180. The highest BCUT2D eigenvalue weighted by Gasteiger charge is 2.35. The van der Waals surface area contributed by atoms with E-state index in [1.54, 1.807) is 7.05 Å². The van der Waals surface area contributed by atoms with E-state index in [9.17, 15) is 9.59 Å². The topological polar surface area (TPSA) is 69.4 Å². The number of ether oxygens (including phenoxy) is 1. The molecule has 1 saturated carbocycles. The molecule has 0 atom stereocenters. The van der Waals surface area contributed by atoms with Gasteiger partial charge < -0.3 is 9.64 Å². The molecule has 162 valence electrons. The van der Waals surface area contributed by atoms with Crippen molar-refractivity contribution in [2.24, 2.45) is 7.05 Å². The number of rotatable bonds is 5. The molecule has 1 aliphatic heterocycles. The van der Waals surface area contributed by atoms with Gasteiger partial charge in [0.1, 0.15) is 11.6 Å². The van der Waals surface area contributed by atoms with Crippen LogP contribution in [0.5, 0.6) is 5.75 Å². The van der Waals surface area contributed by atoms with Gasteiger partial charge in [-0.1, -0.05) is 30.3 Å². The first-order chi connectivity index (χ1) is 15.1. The van der Waals surface area contributed by atoms with Crippen molar-refractivity contribution in [1.29, 1.82) is 0 Å². The summed E-state index contributed by atoms with van der Waals surface area (Å²) in [5.41, 5.74) is 0.624. The molecule has 1 saturated heterocycles. The van der Waals surface area contributed by atoms with Crippen molar-refractivity contribution >= 4 is 16.7 Å². The summed E-state index contributed by atoms with van der Waals surface area (Å²) in [6.45, 7) is 3.74. The van der Waals surface area contributed by atoms with Crippen LogP contribution in [0.4, 0.5) is 0 Å². The number of aromatic nitrogens is 3. The predicted octanol–water partition coefficient (Wildman–Crippen LogP) is 3.49. The molecule has 7 nitrogen and oxygen atoms in total. The molecule has 31 heavy (non-hydrogen) atoms. The van der Waals surface area contributed by atoms with Crippen LogP contribution in [0.3, 0.4) is 0 Å². The molecular weight excluding hydrogens is 392 g/mol. The highest BCUT2D eigenvalue weighted by atomic mass is 16.5. The second kappa shape index (κ2) is 7.87. The summed E-state index contributed by atoms with van der Waals surface area (Å²) in [7, 11) is 1.72. The zero-order valence-corrected chi connectivity index (χ0v) is 18.1. The van der Waals surface area contributed by atoms with E-state index in [4.69, 9.17) is 4.74 Å². The minimum Gasteiger partial charge on any atom is -0.493 e. The maximum absolute atomic E-state index is 13.6. The van der Waals surface area contributed by atoms with Gasteiger partial charge >= 0.3 is 5.69 Å². The first-order valence-electron chi connectivity index (χ1n) is 11.2. The fourth-order valence-electron chi connectivity index (χ4n) is 4.70. The van der Waals surface area contributed by atoms with E-state index in [2.05, 4.69) is 5.10 Å². The van der Waals surface area contributed by atoms with Crippen LogP contribution >= 0.6 is 0 Å². The summed E-state index contributed by atoms with van der Waals surface area (Å²) in [6.07, 6.45) is 3.72. The van der Waals surface area contributed by atoms with Crippen molar-refractivity contribution < 1.29 is 9.53 Å². The smallest absolute Gasteiger partial charge is 0.345 e. The Hall–Kier alpha value is -3.09. The summed E-state index contributed by atoms with van der Waals surface area (Å²) in [4.78, 5) is 28.0. The Labute approximate surface area is 181 Å². The number of piperidine rings is 1. The van der Waals surface area contributed by atoms with Gasteiger partial charge in [0.25, 0.3) is 5.91 Å². The van der Waals surface area contributed by atoms with Crippen LogP contribution in [0.25, 0.3) is 10.8 Å². The van der Waals surface area contributed by atoms with E-state index in [-0.39, 0.29) is 17.5 Å². The minimum atomic E-state index is -0.0203. The van der Waals surface area contributed by atoms with Crippen LogP contribution in [-0.2, 0) is 7.05 Å². The number of nitrogens with zero attached hydrogens (tertiary/aromatic N) is 4. The molecule has 0 spiro atoms. The van der Waals surface area contributed by atoms with Gasteiger partial charge in [-0.05, 0) is 49.4 Å². The SMILES string of the molecule is CCOc1ccc2ccccc2c1C(=O)N1CCC(c2nn(C)c(=O)n2C2CC2)CC1. The molecule has 1 aromatic heterocycles. The van der Waals surface area contributed by atoms with Gasteiger partial charge in [0.15, 0.2) is 0 Å². The molecule has 2 aliphatic rings. The van der Waals surface area contributed by atoms with Gasteiger partial charge in [0.05, 0.1) is 12.2 Å². The third kappa shape index (κ3) is 3.52. The lowest BCUT2D eigenvalue weighted by Crippen LogP contribution is -2.39. The van der Waals surface area contributed by atoms with Crippen molar-refractivity contribution in [3.63, 3.8) is 0 Å². The van der Waals surface area contributed by atoms with E-state index in [1.165, 1.54) is 4.68 Å². The van der Waals surface area contributed by atoms with Gasteiger partial charge in [0.2, 0.25) is 0 Å². The number of hydrogen-bond acceptors (Lipinski definition) is 4. The van der Waals surface area contributed by atoms with Crippen LogP contribution in [0, 0.1) is 0 Å². The summed E-state index contributed by atoms with van der Waals surface area (Å²) >= 11 is 0. The fraction of sp³-hybridized carbons (Fsp3) is 0.458. The molecule has 0 radical (unpaired) electrons. The van der Waals surface area contributed by atoms with Crippen LogP contribution < -0.4 is 10.4 Å². The van der Waals surface area contributed by atoms with Crippen LogP contribution in [-0.4, -0.2) is 44.9 Å². The first-order valence-corrected chi connectivity index (χ1v) is 11.2. The summed E-state index contributed by atoms with van der Waals surface area (Å²) < 4.78 is 9.16. The molecular formula is C24H28N4O3. The van der Waals surface area contributed by atoms with E-state index in [0.717, 1.165) is 42.3 Å². The van der Waals surface area contributed by atoms with Crippen molar-refractivity contribution in [2.45, 2.75) is 44.6 Å². The second-order valence-corrected chi connectivity index (χ2v) is 8.52. The third-order valence-electron chi connectivity index (χ3n) is 6.45. The standard InChI is InChI=1S/C24H28N4O3/c1-3-31-20-11-8-16-6-4-5-7-19(16)21(20)23(29)27-14-12-17(13-15-27)22-25-26(2)24(30)28(22)18-9-10-18/h4-8,11,17-18H,3,9-10,12-15H2,1-2H3. The number of benzene rings is 2. The van der Waals surface area contributed by atoms with Gasteiger partial charge in [0, 0.05) is 32.1 Å². The molecule has 7 heteroatoms. The number of fused-ring (bicyclic) bond motifs is 1. The Morgan fingerprint density at radius 1 is 1.10 bits per heavy atom. The molecule has 2 heterocycles. The minimum absolute atomic E-state index is 0.0132.